The van der Waals surface area contributed by atoms with Gasteiger partial charge in [0.15, 0.2) is 5.84 Å². The largest absolute Gasteiger partial charge is 0.382 e. The van der Waals surface area contributed by atoms with Gasteiger partial charge in [-0.3, -0.25) is 15.8 Å². The van der Waals surface area contributed by atoms with Crippen LogP contribution in [0.3, 0.4) is 0 Å². The molecule has 0 aliphatic rings. The zero-order valence-corrected chi connectivity index (χ0v) is 10.3. The Hall–Kier alpha value is -2.94. The monoisotopic (exact) mass is 252 g/mol. The summed E-state index contributed by atoms with van der Waals surface area (Å²) >= 11 is 0. The third-order valence-corrected chi connectivity index (χ3v) is 2.51. The van der Waals surface area contributed by atoms with Crippen LogP contribution in [0.15, 0.2) is 35.4 Å². The van der Waals surface area contributed by atoms with Crippen LogP contribution in [0.2, 0.25) is 0 Å². The first kappa shape index (κ1) is 12.5. The lowest BCUT2D eigenvalue weighted by Crippen LogP contribution is -2.21. The predicted octanol–water partition coefficient (Wildman–Crippen LogP) is 1.77. The molecule has 2 aromatic rings. The zero-order valence-electron chi connectivity index (χ0n) is 10.3. The van der Waals surface area contributed by atoms with Crippen LogP contribution in [0.25, 0.3) is 10.9 Å². The van der Waals surface area contributed by atoms with Gasteiger partial charge in [0, 0.05) is 11.1 Å². The Morgan fingerprint density at radius 1 is 1.42 bits per heavy atom. The van der Waals surface area contributed by atoms with Gasteiger partial charge in [-0.25, -0.2) is 0 Å². The molecule has 6 nitrogen and oxygen atoms in total. The summed E-state index contributed by atoms with van der Waals surface area (Å²) in [6, 6.07) is 11.2. The second kappa shape index (κ2) is 5.14. The first-order valence-electron chi connectivity index (χ1n) is 5.56. The van der Waals surface area contributed by atoms with E-state index in [1.165, 1.54) is 0 Å². The number of anilines is 1. The maximum atomic E-state index is 8.77. The van der Waals surface area contributed by atoms with E-state index in [0.717, 1.165) is 16.6 Å². The van der Waals surface area contributed by atoms with Crippen molar-refractivity contribution in [3.8, 4) is 6.07 Å². The van der Waals surface area contributed by atoms with Crippen molar-refractivity contribution in [2.24, 2.45) is 10.8 Å². The highest BCUT2D eigenvalue weighted by Crippen LogP contribution is 2.21. The van der Waals surface area contributed by atoms with Crippen molar-refractivity contribution in [3.63, 3.8) is 0 Å². The molecule has 0 fully saturated rings. The third-order valence-electron chi connectivity index (χ3n) is 2.51. The lowest BCUT2D eigenvalue weighted by Gasteiger charge is -2.06. The molecular formula is C13H12N6. The number of benzene rings is 1. The van der Waals surface area contributed by atoms with Crippen LogP contribution < -0.4 is 11.2 Å². The number of pyridine rings is 1. The van der Waals surface area contributed by atoms with Crippen molar-refractivity contribution in [2.75, 3.05) is 5.43 Å². The topological polar surface area (TPSA) is 111 Å². The number of rotatable bonds is 3. The van der Waals surface area contributed by atoms with Crippen LogP contribution in [-0.4, -0.2) is 16.5 Å². The van der Waals surface area contributed by atoms with Gasteiger partial charge >= 0.3 is 0 Å². The Labute approximate surface area is 110 Å². The van der Waals surface area contributed by atoms with Crippen molar-refractivity contribution >= 4 is 28.1 Å². The zero-order chi connectivity index (χ0) is 13.8. The van der Waals surface area contributed by atoms with Gasteiger partial charge in [0.05, 0.1) is 11.2 Å². The fraction of sp³-hybridized carbons (Fsp3) is 0.0769. The molecule has 0 spiro atoms. The Morgan fingerprint density at radius 3 is 2.89 bits per heavy atom. The summed E-state index contributed by atoms with van der Waals surface area (Å²) < 4.78 is 0. The van der Waals surface area contributed by atoms with Gasteiger partial charge in [0.25, 0.3) is 0 Å². The van der Waals surface area contributed by atoms with Crippen LogP contribution >= 0.6 is 0 Å². The fourth-order valence-corrected chi connectivity index (χ4v) is 1.60. The summed E-state index contributed by atoms with van der Waals surface area (Å²) in [6.07, 6.45) is 0. The standard InChI is InChI=1S/C13H12N6/c1-8-5-6-9-3-2-4-10(12(9)17-8)18-19-11(7-14)13(15)16/h2-6,18H,1H3,(H3,15,16)/b19-11+. The number of nitrogens with zero attached hydrogens (tertiary/aromatic N) is 3. The molecule has 0 saturated carbocycles. The molecule has 6 heteroatoms. The molecule has 0 aliphatic heterocycles. The molecule has 19 heavy (non-hydrogen) atoms. The van der Waals surface area contributed by atoms with Gasteiger partial charge in [-0.05, 0) is 19.1 Å². The maximum absolute atomic E-state index is 8.77. The van der Waals surface area contributed by atoms with Gasteiger partial charge in [0.2, 0.25) is 5.71 Å². The number of hydrogen-bond donors (Lipinski definition) is 3. The molecule has 0 aliphatic carbocycles. The molecule has 1 aromatic heterocycles. The minimum Gasteiger partial charge on any atom is -0.382 e. The Morgan fingerprint density at radius 2 is 2.21 bits per heavy atom. The Kier molecular flexibility index (Phi) is 3.39. The third kappa shape index (κ3) is 2.66. The van der Waals surface area contributed by atoms with E-state index >= 15 is 0 Å². The van der Waals surface area contributed by atoms with Gasteiger partial charge in [-0.1, -0.05) is 18.2 Å². The smallest absolute Gasteiger partial charge is 0.201 e. The highest BCUT2D eigenvalue weighted by atomic mass is 15.3. The lowest BCUT2D eigenvalue weighted by atomic mass is 10.2. The highest BCUT2D eigenvalue weighted by Gasteiger charge is 2.04. The normalized spacial score (nSPS) is 11.1. The molecule has 2 rings (SSSR count). The van der Waals surface area contributed by atoms with E-state index in [9.17, 15) is 0 Å². The summed E-state index contributed by atoms with van der Waals surface area (Å²) in [5.74, 6) is -0.376. The molecule has 4 N–H and O–H groups in total. The van der Waals surface area contributed by atoms with Crippen molar-refractivity contribution in [1.82, 2.24) is 4.98 Å². The lowest BCUT2D eigenvalue weighted by molar-refractivity contribution is 1.24. The van der Waals surface area contributed by atoms with E-state index in [1.54, 1.807) is 12.1 Å². The van der Waals surface area contributed by atoms with Crippen LogP contribution in [-0.2, 0) is 0 Å². The van der Waals surface area contributed by atoms with Crippen molar-refractivity contribution in [3.05, 3.63) is 36.0 Å². The number of aryl methyl sites for hydroxylation is 1. The van der Waals surface area contributed by atoms with Crippen molar-refractivity contribution < 1.29 is 0 Å². The second-order valence-corrected chi connectivity index (χ2v) is 3.93. The van der Waals surface area contributed by atoms with Gasteiger partial charge in [-0.2, -0.15) is 10.4 Å². The molecule has 0 radical (unpaired) electrons. The van der Waals surface area contributed by atoms with Crippen LogP contribution in [0.5, 0.6) is 0 Å². The van der Waals surface area contributed by atoms with Crippen LogP contribution in [0, 0.1) is 23.7 Å². The van der Waals surface area contributed by atoms with E-state index in [2.05, 4.69) is 15.5 Å². The van der Waals surface area contributed by atoms with Gasteiger partial charge < -0.3 is 5.73 Å². The summed E-state index contributed by atoms with van der Waals surface area (Å²) in [5.41, 5.74) is 10.1. The maximum Gasteiger partial charge on any atom is 0.201 e. The molecule has 0 unspecified atom stereocenters. The van der Waals surface area contributed by atoms with E-state index < -0.39 is 0 Å². The molecule has 1 aromatic carbocycles. The van der Waals surface area contributed by atoms with E-state index in [1.807, 2.05) is 31.2 Å². The molecule has 0 amide bonds. The van der Waals surface area contributed by atoms with E-state index in [-0.39, 0.29) is 11.5 Å². The van der Waals surface area contributed by atoms with E-state index in [4.69, 9.17) is 16.4 Å². The van der Waals surface area contributed by atoms with Crippen LogP contribution in [0.1, 0.15) is 5.69 Å². The molecule has 94 valence electrons. The fourth-order valence-electron chi connectivity index (χ4n) is 1.60. The highest BCUT2D eigenvalue weighted by molar-refractivity contribution is 6.45. The molecule has 0 atom stereocenters. The Balaban J connectivity index is 2.44. The minimum atomic E-state index is -0.376. The van der Waals surface area contributed by atoms with Crippen molar-refractivity contribution in [1.29, 1.82) is 10.7 Å². The number of nitrogens with two attached hydrogens (primary N) is 1. The molecular weight excluding hydrogens is 240 g/mol. The number of hydrogen-bond acceptors (Lipinski definition) is 5. The Bertz CT molecular complexity index is 711. The molecule has 0 bridgehead atoms. The SMILES string of the molecule is Cc1ccc2cccc(N/N=C(\C#N)C(=N)N)c2n1. The molecule has 0 saturated heterocycles. The summed E-state index contributed by atoms with van der Waals surface area (Å²) in [4.78, 5) is 4.42. The average Bonchev–Trinajstić information content (AvgIpc) is 2.39. The first-order chi connectivity index (χ1) is 9.11. The summed E-state index contributed by atoms with van der Waals surface area (Å²) in [6.45, 7) is 1.90. The van der Waals surface area contributed by atoms with Gasteiger partial charge in [-0.15, -0.1) is 0 Å². The summed E-state index contributed by atoms with van der Waals surface area (Å²) in [7, 11) is 0. The average molecular weight is 252 g/mol. The number of nitrogens with one attached hydrogen (secondary N) is 2. The second-order valence-electron chi connectivity index (χ2n) is 3.93. The number of nitriles is 1. The predicted molar refractivity (Wildman–Crippen MR) is 75.1 cm³/mol. The number of aromatic nitrogens is 1. The van der Waals surface area contributed by atoms with Crippen molar-refractivity contribution in [2.45, 2.75) is 6.92 Å². The first-order valence-corrected chi connectivity index (χ1v) is 5.56. The molecule has 1 heterocycles. The minimum absolute atomic E-state index is 0.162. The summed E-state index contributed by atoms with van der Waals surface area (Å²) in [5, 5.41) is 20.7. The quantitative estimate of drug-likeness (QED) is 0.439. The number of hydrazone groups is 1. The van der Waals surface area contributed by atoms with Crippen LogP contribution in [0.4, 0.5) is 5.69 Å². The van der Waals surface area contributed by atoms with E-state index in [0.29, 0.717) is 5.69 Å². The van der Waals surface area contributed by atoms with Gasteiger partial charge in [0.1, 0.15) is 6.07 Å². The number of amidine groups is 1. The number of para-hydroxylation sites is 1. The number of fused-ring (bicyclic) bond motifs is 1.